The Morgan fingerprint density at radius 2 is 1.80 bits per heavy atom. The maximum atomic E-state index is 12.4. The minimum atomic E-state index is -0.0538. The van der Waals surface area contributed by atoms with Gasteiger partial charge in [-0.2, -0.15) is 0 Å². The molecule has 0 saturated carbocycles. The fourth-order valence-corrected chi connectivity index (χ4v) is 2.74. The molecule has 0 aliphatic carbocycles. The summed E-state index contributed by atoms with van der Waals surface area (Å²) < 4.78 is 7.17. The van der Waals surface area contributed by atoms with Gasteiger partial charge >= 0.3 is 0 Å². The Kier molecular flexibility index (Phi) is 5.19. The highest BCUT2D eigenvalue weighted by Gasteiger charge is 2.08. The molecule has 1 N–H and O–H groups in total. The van der Waals surface area contributed by atoms with Gasteiger partial charge in [0.05, 0.1) is 7.11 Å². The largest absolute Gasteiger partial charge is 0.497 e. The average Bonchev–Trinajstić information content (AvgIpc) is 3.17. The molecule has 4 nitrogen and oxygen atoms in total. The van der Waals surface area contributed by atoms with Gasteiger partial charge in [0.25, 0.3) is 5.91 Å². The van der Waals surface area contributed by atoms with Crippen molar-refractivity contribution in [2.24, 2.45) is 0 Å². The second-order valence-electron chi connectivity index (χ2n) is 5.95. The molecule has 0 radical (unpaired) electrons. The van der Waals surface area contributed by atoms with Crippen LogP contribution in [0.5, 0.6) is 5.75 Å². The zero-order valence-corrected chi connectivity index (χ0v) is 14.5. The van der Waals surface area contributed by atoms with Gasteiger partial charge in [0, 0.05) is 30.2 Å². The first-order valence-electron chi connectivity index (χ1n) is 8.32. The fourth-order valence-electron chi connectivity index (χ4n) is 2.74. The SMILES string of the molecule is COc1ccc(CCNC(=O)c2ccc(C)c(-n3cccc3)c2)cc1. The van der Waals surface area contributed by atoms with E-state index in [9.17, 15) is 4.79 Å². The van der Waals surface area contributed by atoms with Crippen LogP contribution in [-0.2, 0) is 6.42 Å². The van der Waals surface area contributed by atoms with E-state index in [0.717, 1.165) is 29.0 Å². The predicted octanol–water partition coefficient (Wildman–Crippen LogP) is 3.77. The van der Waals surface area contributed by atoms with E-state index in [1.54, 1.807) is 7.11 Å². The van der Waals surface area contributed by atoms with Crippen LogP contribution in [0.25, 0.3) is 5.69 Å². The first-order valence-corrected chi connectivity index (χ1v) is 8.32. The standard InChI is InChI=1S/C21H22N2O2/c1-16-5-8-18(15-20(16)23-13-3-4-14-23)21(24)22-12-11-17-6-9-19(25-2)10-7-17/h3-10,13-15H,11-12H2,1-2H3,(H,22,24). The summed E-state index contributed by atoms with van der Waals surface area (Å²) in [4.78, 5) is 12.4. The normalized spacial score (nSPS) is 10.5. The lowest BCUT2D eigenvalue weighted by atomic mass is 10.1. The minimum Gasteiger partial charge on any atom is -0.497 e. The summed E-state index contributed by atoms with van der Waals surface area (Å²) in [5, 5.41) is 2.99. The van der Waals surface area contributed by atoms with E-state index < -0.39 is 0 Å². The second kappa shape index (κ2) is 7.71. The predicted molar refractivity (Wildman–Crippen MR) is 99.5 cm³/mol. The highest BCUT2D eigenvalue weighted by molar-refractivity contribution is 5.94. The topological polar surface area (TPSA) is 43.3 Å². The molecule has 4 heteroatoms. The summed E-state index contributed by atoms with van der Waals surface area (Å²) in [6.07, 6.45) is 4.74. The maximum absolute atomic E-state index is 12.4. The third-order valence-electron chi connectivity index (χ3n) is 4.21. The van der Waals surface area contributed by atoms with Gasteiger partial charge in [-0.05, 0) is 60.9 Å². The number of hydrogen-bond donors (Lipinski definition) is 1. The molecule has 0 aliphatic heterocycles. The summed E-state index contributed by atoms with van der Waals surface area (Å²) in [5.74, 6) is 0.784. The van der Waals surface area contributed by atoms with Crippen molar-refractivity contribution < 1.29 is 9.53 Å². The van der Waals surface area contributed by atoms with Gasteiger partial charge in [0.1, 0.15) is 5.75 Å². The molecule has 3 aromatic rings. The van der Waals surface area contributed by atoms with Crippen molar-refractivity contribution in [1.82, 2.24) is 9.88 Å². The highest BCUT2D eigenvalue weighted by Crippen LogP contribution is 2.16. The number of aryl methyl sites for hydroxylation is 1. The Labute approximate surface area is 148 Å². The number of amides is 1. The molecule has 128 valence electrons. The first kappa shape index (κ1) is 16.8. The van der Waals surface area contributed by atoms with Crippen LogP contribution in [0.4, 0.5) is 0 Å². The molecule has 25 heavy (non-hydrogen) atoms. The maximum Gasteiger partial charge on any atom is 0.251 e. The van der Waals surface area contributed by atoms with Crippen molar-refractivity contribution in [3.8, 4) is 11.4 Å². The Morgan fingerprint density at radius 3 is 2.48 bits per heavy atom. The number of nitrogens with zero attached hydrogens (tertiary/aromatic N) is 1. The van der Waals surface area contributed by atoms with E-state index in [4.69, 9.17) is 4.74 Å². The van der Waals surface area contributed by atoms with E-state index in [2.05, 4.69) is 5.32 Å². The number of ether oxygens (including phenoxy) is 1. The molecule has 1 aromatic heterocycles. The number of methoxy groups -OCH3 is 1. The average molecular weight is 334 g/mol. The van der Waals surface area contributed by atoms with Gasteiger partial charge in [0.2, 0.25) is 0 Å². The number of benzene rings is 2. The van der Waals surface area contributed by atoms with Crippen molar-refractivity contribution in [2.75, 3.05) is 13.7 Å². The summed E-state index contributed by atoms with van der Waals surface area (Å²) in [6.45, 7) is 2.64. The van der Waals surface area contributed by atoms with Crippen LogP contribution in [0.3, 0.4) is 0 Å². The molecule has 0 bridgehead atoms. The smallest absolute Gasteiger partial charge is 0.251 e. The third-order valence-corrected chi connectivity index (χ3v) is 4.21. The molecule has 0 spiro atoms. The van der Waals surface area contributed by atoms with Gasteiger partial charge in [-0.25, -0.2) is 0 Å². The molecule has 0 aliphatic rings. The summed E-state index contributed by atoms with van der Waals surface area (Å²) in [7, 11) is 1.65. The number of nitrogens with one attached hydrogen (secondary N) is 1. The monoisotopic (exact) mass is 334 g/mol. The van der Waals surface area contributed by atoms with Gasteiger partial charge in [0.15, 0.2) is 0 Å². The van der Waals surface area contributed by atoms with Crippen LogP contribution in [0.15, 0.2) is 67.0 Å². The van der Waals surface area contributed by atoms with Gasteiger partial charge < -0.3 is 14.6 Å². The number of aromatic nitrogens is 1. The first-order chi connectivity index (χ1) is 12.2. The molecule has 0 unspecified atom stereocenters. The Hall–Kier alpha value is -3.01. The van der Waals surface area contributed by atoms with Gasteiger partial charge in [-0.15, -0.1) is 0 Å². The highest BCUT2D eigenvalue weighted by atomic mass is 16.5. The Balaban J connectivity index is 1.62. The van der Waals surface area contributed by atoms with Crippen molar-refractivity contribution in [3.05, 3.63) is 83.7 Å². The molecule has 3 rings (SSSR count). The van der Waals surface area contributed by atoms with Crippen LogP contribution in [-0.4, -0.2) is 24.1 Å². The summed E-state index contributed by atoms with van der Waals surface area (Å²) in [6, 6.07) is 17.6. The van der Waals surface area contributed by atoms with Crippen molar-refractivity contribution in [1.29, 1.82) is 0 Å². The van der Waals surface area contributed by atoms with Gasteiger partial charge in [-0.3, -0.25) is 4.79 Å². The van der Waals surface area contributed by atoms with Crippen LogP contribution in [0, 0.1) is 6.92 Å². The molecular weight excluding hydrogens is 312 g/mol. The molecule has 2 aromatic carbocycles. The molecule has 1 heterocycles. The minimum absolute atomic E-state index is 0.0538. The van der Waals surface area contributed by atoms with Crippen molar-refractivity contribution >= 4 is 5.91 Å². The van der Waals surface area contributed by atoms with E-state index in [1.165, 1.54) is 0 Å². The van der Waals surface area contributed by atoms with E-state index in [0.29, 0.717) is 12.1 Å². The van der Waals surface area contributed by atoms with E-state index in [-0.39, 0.29) is 5.91 Å². The van der Waals surface area contributed by atoms with E-state index in [1.807, 2.05) is 78.5 Å². The zero-order chi connectivity index (χ0) is 17.6. The Morgan fingerprint density at radius 1 is 1.08 bits per heavy atom. The molecular formula is C21H22N2O2. The second-order valence-corrected chi connectivity index (χ2v) is 5.95. The molecule has 0 atom stereocenters. The third kappa shape index (κ3) is 4.10. The number of hydrogen-bond acceptors (Lipinski definition) is 2. The zero-order valence-electron chi connectivity index (χ0n) is 14.5. The van der Waals surface area contributed by atoms with Crippen LogP contribution < -0.4 is 10.1 Å². The van der Waals surface area contributed by atoms with Crippen LogP contribution >= 0.6 is 0 Å². The Bertz CT molecular complexity index is 837. The number of carbonyl (C=O) groups is 1. The molecule has 1 amide bonds. The van der Waals surface area contributed by atoms with E-state index >= 15 is 0 Å². The summed E-state index contributed by atoms with van der Waals surface area (Å²) in [5.41, 5.74) is 3.99. The van der Waals surface area contributed by atoms with Gasteiger partial charge in [-0.1, -0.05) is 18.2 Å². The lowest BCUT2D eigenvalue weighted by Crippen LogP contribution is -2.25. The quantitative estimate of drug-likeness (QED) is 0.746. The van der Waals surface area contributed by atoms with Crippen LogP contribution in [0.2, 0.25) is 0 Å². The lowest BCUT2D eigenvalue weighted by molar-refractivity contribution is 0.0954. The fraction of sp³-hybridized carbons (Fsp3) is 0.190. The number of carbonyl (C=O) groups excluding carboxylic acids is 1. The van der Waals surface area contributed by atoms with Crippen LogP contribution in [0.1, 0.15) is 21.5 Å². The molecule has 0 fully saturated rings. The molecule has 0 saturated heterocycles. The van der Waals surface area contributed by atoms with Crippen molar-refractivity contribution in [3.63, 3.8) is 0 Å². The van der Waals surface area contributed by atoms with Crippen molar-refractivity contribution in [2.45, 2.75) is 13.3 Å². The lowest BCUT2D eigenvalue weighted by Gasteiger charge is -2.11. The number of rotatable bonds is 6. The summed E-state index contributed by atoms with van der Waals surface area (Å²) >= 11 is 0.